The number of nitrogens with two attached hydrogens (primary N) is 1. The summed E-state index contributed by atoms with van der Waals surface area (Å²) in [6.07, 6.45) is 5.07. The van der Waals surface area contributed by atoms with Gasteiger partial charge < -0.3 is 15.0 Å². The minimum absolute atomic E-state index is 0.179. The van der Waals surface area contributed by atoms with Crippen LogP contribution in [0.4, 0.5) is 0 Å². The fraction of sp³-hybridized carbons (Fsp3) is 0.846. The highest BCUT2D eigenvalue weighted by atomic mass is 16.5. The molecule has 0 aliphatic heterocycles. The standard InChI is InChI=1S/C13H23N3O2/c1-4-10(14)11-15-12(16-18-11)13(17-3)7-5-6-9(2)8-13/h9-10H,4-8,14H2,1-3H3/t9?,10-,13?/m0/s1. The van der Waals surface area contributed by atoms with Gasteiger partial charge in [0.2, 0.25) is 11.7 Å². The minimum Gasteiger partial charge on any atom is -0.370 e. The van der Waals surface area contributed by atoms with Crippen molar-refractivity contribution in [2.24, 2.45) is 11.7 Å². The largest absolute Gasteiger partial charge is 0.370 e. The highest BCUT2D eigenvalue weighted by Gasteiger charge is 2.41. The van der Waals surface area contributed by atoms with Gasteiger partial charge in [0, 0.05) is 7.11 Å². The molecule has 0 saturated heterocycles. The van der Waals surface area contributed by atoms with E-state index in [0.29, 0.717) is 17.6 Å². The molecular formula is C13H23N3O2. The van der Waals surface area contributed by atoms with Gasteiger partial charge in [-0.3, -0.25) is 0 Å². The fourth-order valence-electron chi connectivity index (χ4n) is 2.73. The Morgan fingerprint density at radius 3 is 3.00 bits per heavy atom. The zero-order valence-electron chi connectivity index (χ0n) is 11.5. The van der Waals surface area contributed by atoms with Crippen LogP contribution in [0.25, 0.3) is 0 Å². The quantitative estimate of drug-likeness (QED) is 0.892. The number of nitrogens with zero attached hydrogens (tertiary/aromatic N) is 2. The Kier molecular flexibility index (Phi) is 4.02. The molecule has 2 unspecified atom stereocenters. The summed E-state index contributed by atoms with van der Waals surface area (Å²) in [6, 6.07) is -0.179. The van der Waals surface area contributed by atoms with Crippen molar-refractivity contribution < 1.29 is 9.26 Å². The monoisotopic (exact) mass is 253 g/mol. The van der Waals surface area contributed by atoms with Crippen molar-refractivity contribution in [3.8, 4) is 0 Å². The van der Waals surface area contributed by atoms with E-state index in [0.717, 1.165) is 25.7 Å². The summed E-state index contributed by atoms with van der Waals surface area (Å²) in [5, 5.41) is 4.10. The van der Waals surface area contributed by atoms with Gasteiger partial charge in [0.25, 0.3) is 0 Å². The molecule has 1 aliphatic carbocycles. The van der Waals surface area contributed by atoms with Gasteiger partial charge in [0.1, 0.15) is 5.60 Å². The molecule has 1 aromatic heterocycles. The summed E-state index contributed by atoms with van der Waals surface area (Å²) in [7, 11) is 1.73. The third-order valence-electron chi connectivity index (χ3n) is 3.95. The first-order valence-electron chi connectivity index (χ1n) is 6.76. The lowest BCUT2D eigenvalue weighted by atomic mass is 9.78. The van der Waals surface area contributed by atoms with Gasteiger partial charge in [-0.25, -0.2) is 0 Å². The van der Waals surface area contributed by atoms with E-state index in [1.165, 1.54) is 6.42 Å². The van der Waals surface area contributed by atoms with Crippen molar-refractivity contribution in [1.82, 2.24) is 10.1 Å². The Labute approximate surface area is 108 Å². The number of aromatic nitrogens is 2. The second kappa shape index (κ2) is 5.36. The molecule has 2 N–H and O–H groups in total. The molecule has 0 radical (unpaired) electrons. The molecule has 18 heavy (non-hydrogen) atoms. The van der Waals surface area contributed by atoms with Crippen molar-refractivity contribution >= 4 is 0 Å². The molecule has 1 aliphatic rings. The lowest BCUT2D eigenvalue weighted by molar-refractivity contribution is -0.0658. The molecule has 5 heteroatoms. The molecule has 5 nitrogen and oxygen atoms in total. The predicted molar refractivity (Wildman–Crippen MR) is 67.8 cm³/mol. The van der Waals surface area contributed by atoms with Crippen LogP contribution in [0.3, 0.4) is 0 Å². The Balaban J connectivity index is 2.24. The summed E-state index contributed by atoms with van der Waals surface area (Å²) in [5.74, 6) is 1.80. The van der Waals surface area contributed by atoms with Crippen LogP contribution >= 0.6 is 0 Å². The lowest BCUT2D eigenvalue weighted by Crippen LogP contribution is -2.35. The topological polar surface area (TPSA) is 74.2 Å². The molecule has 3 atom stereocenters. The Bertz CT molecular complexity index is 393. The molecule has 2 rings (SSSR count). The average molecular weight is 253 g/mol. The lowest BCUT2D eigenvalue weighted by Gasteiger charge is -2.36. The van der Waals surface area contributed by atoms with Crippen LogP contribution in [-0.2, 0) is 10.3 Å². The van der Waals surface area contributed by atoms with Gasteiger partial charge in [0.15, 0.2) is 0 Å². The van der Waals surface area contributed by atoms with Crippen molar-refractivity contribution in [2.45, 2.75) is 57.6 Å². The number of methoxy groups -OCH3 is 1. The van der Waals surface area contributed by atoms with Crippen LogP contribution in [0.5, 0.6) is 0 Å². The number of ether oxygens (including phenoxy) is 1. The third kappa shape index (κ3) is 2.42. The van der Waals surface area contributed by atoms with Crippen LogP contribution in [0, 0.1) is 5.92 Å². The van der Waals surface area contributed by atoms with Crippen LogP contribution in [0.2, 0.25) is 0 Å². The third-order valence-corrected chi connectivity index (χ3v) is 3.95. The molecule has 102 valence electrons. The van der Waals surface area contributed by atoms with E-state index < -0.39 is 0 Å². The highest BCUT2D eigenvalue weighted by molar-refractivity contribution is 5.05. The zero-order valence-corrected chi connectivity index (χ0v) is 11.5. The number of hydrogen-bond acceptors (Lipinski definition) is 5. The molecule has 0 spiro atoms. The Hall–Kier alpha value is -0.940. The Morgan fingerprint density at radius 2 is 2.39 bits per heavy atom. The van der Waals surface area contributed by atoms with Gasteiger partial charge in [-0.1, -0.05) is 25.4 Å². The van der Waals surface area contributed by atoms with E-state index in [1.54, 1.807) is 7.11 Å². The second-order valence-corrected chi connectivity index (χ2v) is 5.37. The summed E-state index contributed by atoms with van der Waals surface area (Å²) in [4.78, 5) is 4.45. The highest BCUT2D eigenvalue weighted by Crippen LogP contribution is 2.41. The van der Waals surface area contributed by atoms with E-state index in [4.69, 9.17) is 15.0 Å². The Morgan fingerprint density at radius 1 is 1.61 bits per heavy atom. The van der Waals surface area contributed by atoms with E-state index in [1.807, 2.05) is 6.92 Å². The van der Waals surface area contributed by atoms with Crippen molar-refractivity contribution in [3.05, 3.63) is 11.7 Å². The van der Waals surface area contributed by atoms with Gasteiger partial charge in [-0.05, 0) is 31.6 Å². The second-order valence-electron chi connectivity index (χ2n) is 5.37. The maximum absolute atomic E-state index is 5.91. The minimum atomic E-state index is -0.382. The van der Waals surface area contributed by atoms with E-state index in [9.17, 15) is 0 Å². The molecule has 0 amide bonds. The summed E-state index contributed by atoms with van der Waals surface area (Å²) < 4.78 is 11.0. The van der Waals surface area contributed by atoms with E-state index >= 15 is 0 Å². The first-order chi connectivity index (χ1) is 8.61. The smallest absolute Gasteiger partial charge is 0.243 e. The number of hydrogen-bond donors (Lipinski definition) is 1. The van der Waals surface area contributed by atoms with Gasteiger partial charge >= 0.3 is 0 Å². The van der Waals surface area contributed by atoms with Crippen molar-refractivity contribution in [2.75, 3.05) is 7.11 Å². The summed E-state index contributed by atoms with van der Waals surface area (Å²) in [6.45, 7) is 4.25. The molecule has 1 aromatic rings. The average Bonchev–Trinajstić information content (AvgIpc) is 2.87. The maximum Gasteiger partial charge on any atom is 0.243 e. The van der Waals surface area contributed by atoms with E-state index in [-0.39, 0.29) is 11.6 Å². The van der Waals surface area contributed by atoms with Gasteiger partial charge in [0.05, 0.1) is 6.04 Å². The maximum atomic E-state index is 5.91. The number of rotatable bonds is 4. The van der Waals surface area contributed by atoms with Crippen molar-refractivity contribution in [3.63, 3.8) is 0 Å². The predicted octanol–water partition coefficient (Wildman–Crippen LogP) is 2.53. The molecular weight excluding hydrogens is 230 g/mol. The van der Waals surface area contributed by atoms with Crippen molar-refractivity contribution in [1.29, 1.82) is 0 Å². The van der Waals surface area contributed by atoms with Gasteiger partial charge in [-0.2, -0.15) is 4.98 Å². The normalized spacial score (nSPS) is 30.3. The SMILES string of the molecule is CC[C@H](N)c1nc(C2(OC)CCCC(C)C2)no1. The first kappa shape index (κ1) is 13.5. The van der Waals surface area contributed by atoms with Crippen LogP contribution in [-0.4, -0.2) is 17.3 Å². The molecule has 1 heterocycles. The summed E-state index contributed by atoms with van der Waals surface area (Å²) >= 11 is 0. The van der Waals surface area contributed by atoms with Crippen LogP contribution < -0.4 is 5.73 Å². The molecule has 1 fully saturated rings. The zero-order chi connectivity index (χ0) is 13.2. The van der Waals surface area contributed by atoms with Gasteiger partial charge in [-0.15, -0.1) is 0 Å². The summed E-state index contributed by atoms with van der Waals surface area (Å²) in [5.41, 5.74) is 5.53. The first-order valence-corrected chi connectivity index (χ1v) is 6.76. The molecule has 0 bridgehead atoms. The van der Waals surface area contributed by atoms with E-state index in [2.05, 4.69) is 17.1 Å². The fourth-order valence-corrected chi connectivity index (χ4v) is 2.73. The molecule has 1 saturated carbocycles. The molecule has 0 aromatic carbocycles. The van der Waals surface area contributed by atoms with Crippen LogP contribution in [0.15, 0.2) is 4.52 Å². The van der Waals surface area contributed by atoms with Crippen LogP contribution in [0.1, 0.15) is 63.7 Å².